The molecule has 4 nitrogen and oxygen atoms in total. The number of ether oxygens (including phenoxy) is 1. The van der Waals surface area contributed by atoms with Crippen LogP contribution in [0, 0.1) is 0 Å². The molecule has 2 heterocycles. The summed E-state index contributed by atoms with van der Waals surface area (Å²) in [6, 6.07) is 3.97. The van der Waals surface area contributed by atoms with Gasteiger partial charge < -0.3 is 14.7 Å². The molecule has 0 saturated carbocycles. The first kappa shape index (κ1) is 13.3. The molecule has 0 spiro atoms. The lowest BCUT2D eigenvalue weighted by molar-refractivity contribution is 0.0819. The Kier molecular flexibility index (Phi) is 4.55. The fraction of sp³-hybridized carbons (Fsp3) is 0.643. The number of pyridine rings is 1. The minimum absolute atomic E-state index is 0.399. The van der Waals surface area contributed by atoms with Gasteiger partial charge in [0, 0.05) is 20.2 Å². The highest BCUT2D eigenvalue weighted by molar-refractivity contribution is 5.45. The van der Waals surface area contributed by atoms with E-state index in [0.29, 0.717) is 12.5 Å². The number of hydrogen-bond acceptors (Lipinski definition) is 4. The fourth-order valence-corrected chi connectivity index (χ4v) is 2.34. The van der Waals surface area contributed by atoms with Crippen molar-refractivity contribution in [2.24, 2.45) is 0 Å². The molecule has 0 unspecified atom stereocenters. The molecule has 1 N–H and O–H groups in total. The van der Waals surface area contributed by atoms with E-state index in [1.165, 1.54) is 0 Å². The number of aliphatic hydroxyl groups is 1. The second-order valence-corrected chi connectivity index (χ2v) is 4.79. The molecule has 0 bridgehead atoms. The lowest BCUT2D eigenvalue weighted by atomic mass is 10.1. The first-order valence-corrected chi connectivity index (χ1v) is 6.66. The van der Waals surface area contributed by atoms with E-state index in [2.05, 4.69) is 9.88 Å². The minimum Gasteiger partial charge on any atom is -0.387 e. The number of nitrogens with zero attached hydrogens (tertiary/aromatic N) is 2. The first-order chi connectivity index (χ1) is 8.74. The summed E-state index contributed by atoms with van der Waals surface area (Å²) >= 11 is 0. The monoisotopic (exact) mass is 250 g/mol. The number of piperidine rings is 1. The van der Waals surface area contributed by atoms with E-state index in [-0.39, 0.29) is 0 Å². The Bertz CT molecular complexity index is 359. The average molecular weight is 250 g/mol. The summed E-state index contributed by atoms with van der Waals surface area (Å²) in [5, 5.41) is 9.70. The molecule has 4 heteroatoms. The van der Waals surface area contributed by atoms with Crippen molar-refractivity contribution in [1.29, 1.82) is 0 Å². The van der Waals surface area contributed by atoms with Crippen LogP contribution >= 0.6 is 0 Å². The molecule has 1 atom stereocenters. The summed E-state index contributed by atoms with van der Waals surface area (Å²) in [7, 11) is 1.78. The maximum atomic E-state index is 9.70. The van der Waals surface area contributed by atoms with E-state index >= 15 is 0 Å². The summed E-state index contributed by atoms with van der Waals surface area (Å²) < 4.78 is 5.37. The third-order valence-corrected chi connectivity index (χ3v) is 3.64. The van der Waals surface area contributed by atoms with Crippen molar-refractivity contribution in [1.82, 2.24) is 4.98 Å². The number of rotatable bonds is 4. The van der Waals surface area contributed by atoms with Crippen molar-refractivity contribution in [2.75, 3.05) is 25.1 Å². The zero-order chi connectivity index (χ0) is 13.0. The van der Waals surface area contributed by atoms with Gasteiger partial charge in [0.15, 0.2) is 0 Å². The maximum absolute atomic E-state index is 9.70. The normalized spacial score (nSPS) is 18.9. The van der Waals surface area contributed by atoms with Gasteiger partial charge in [-0.2, -0.15) is 0 Å². The van der Waals surface area contributed by atoms with Gasteiger partial charge in [0.2, 0.25) is 0 Å². The van der Waals surface area contributed by atoms with E-state index in [9.17, 15) is 5.11 Å². The van der Waals surface area contributed by atoms with E-state index in [4.69, 9.17) is 4.74 Å². The molecule has 1 aromatic rings. The topological polar surface area (TPSA) is 45.6 Å². The molecule has 100 valence electrons. The van der Waals surface area contributed by atoms with E-state index in [1.54, 1.807) is 7.11 Å². The Labute approximate surface area is 109 Å². The number of methoxy groups -OCH3 is 1. The summed E-state index contributed by atoms with van der Waals surface area (Å²) in [6.07, 6.45) is 4.65. The second-order valence-electron chi connectivity index (χ2n) is 4.79. The molecule has 1 aliphatic heterocycles. The van der Waals surface area contributed by atoms with Gasteiger partial charge in [0.25, 0.3) is 0 Å². The van der Waals surface area contributed by atoms with Gasteiger partial charge in [0.05, 0.1) is 29.8 Å². The van der Waals surface area contributed by atoms with Crippen LogP contribution in [0.3, 0.4) is 0 Å². The summed E-state index contributed by atoms with van der Waals surface area (Å²) in [6.45, 7) is 3.97. The maximum Gasteiger partial charge on any atom is 0.0957 e. The Morgan fingerprint density at radius 2 is 2.17 bits per heavy atom. The predicted molar refractivity (Wildman–Crippen MR) is 71.7 cm³/mol. The van der Waals surface area contributed by atoms with Gasteiger partial charge in [-0.15, -0.1) is 0 Å². The van der Waals surface area contributed by atoms with Crippen LogP contribution in [0.5, 0.6) is 0 Å². The second kappa shape index (κ2) is 6.16. The van der Waals surface area contributed by atoms with Gasteiger partial charge in [-0.1, -0.05) is 6.92 Å². The van der Waals surface area contributed by atoms with Gasteiger partial charge in [0.1, 0.15) is 0 Å². The zero-order valence-electron chi connectivity index (χ0n) is 11.2. The zero-order valence-corrected chi connectivity index (χ0v) is 11.2. The highest BCUT2D eigenvalue weighted by Crippen LogP contribution is 2.22. The van der Waals surface area contributed by atoms with Gasteiger partial charge >= 0.3 is 0 Å². The Balaban J connectivity index is 1.98. The SMILES string of the molecule is CC[C@@H](O)c1ccc(N2CCC(OC)CC2)cn1. The van der Waals surface area contributed by atoms with Gasteiger partial charge in [-0.25, -0.2) is 0 Å². The molecule has 1 saturated heterocycles. The van der Waals surface area contributed by atoms with Crippen molar-refractivity contribution < 1.29 is 9.84 Å². The molecule has 1 aliphatic rings. The molecular formula is C14H22N2O2. The number of aromatic nitrogens is 1. The lowest BCUT2D eigenvalue weighted by Gasteiger charge is -2.32. The quantitative estimate of drug-likeness (QED) is 0.889. The third-order valence-electron chi connectivity index (χ3n) is 3.64. The summed E-state index contributed by atoms with van der Waals surface area (Å²) in [4.78, 5) is 6.66. The standard InChI is InChI=1S/C14H22N2O2/c1-3-14(17)13-5-4-11(10-15-13)16-8-6-12(18-2)7-9-16/h4-5,10,12,14,17H,3,6-9H2,1-2H3/t14-/m1/s1. The van der Waals surface area contributed by atoms with E-state index in [1.807, 2.05) is 25.3 Å². The smallest absolute Gasteiger partial charge is 0.0957 e. The van der Waals surface area contributed by atoms with Crippen molar-refractivity contribution in [3.05, 3.63) is 24.0 Å². The van der Waals surface area contributed by atoms with Crippen LogP contribution in [0.25, 0.3) is 0 Å². The molecular weight excluding hydrogens is 228 g/mol. The minimum atomic E-state index is -0.446. The highest BCUT2D eigenvalue weighted by Gasteiger charge is 2.19. The van der Waals surface area contributed by atoms with E-state index < -0.39 is 6.10 Å². The number of aliphatic hydroxyl groups excluding tert-OH is 1. The average Bonchev–Trinajstić information content (AvgIpc) is 2.47. The molecule has 2 rings (SSSR count). The first-order valence-electron chi connectivity index (χ1n) is 6.66. The molecule has 18 heavy (non-hydrogen) atoms. The van der Waals surface area contributed by atoms with Crippen molar-refractivity contribution in [3.63, 3.8) is 0 Å². The van der Waals surface area contributed by atoms with E-state index in [0.717, 1.165) is 37.3 Å². The third kappa shape index (κ3) is 3.00. The van der Waals surface area contributed by atoms with Crippen molar-refractivity contribution in [3.8, 4) is 0 Å². The summed E-state index contributed by atoms with van der Waals surface area (Å²) in [5.74, 6) is 0. The fourth-order valence-electron chi connectivity index (χ4n) is 2.34. The van der Waals surface area contributed by atoms with Crippen LogP contribution in [0.15, 0.2) is 18.3 Å². The van der Waals surface area contributed by atoms with Crippen LogP contribution < -0.4 is 4.90 Å². The van der Waals surface area contributed by atoms with Crippen LogP contribution in [0.1, 0.15) is 38.0 Å². The molecule has 1 aromatic heterocycles. The van der Waals surface area contributed by atoms with Crippen LogP contribution in [0.4, 0.5) is 5.69 Å². The molecule has 1 fully saturated rings. The Hall–Kier alpha value is -1.13. The largest absolute Gasteiger partial charge is 0.387 e. The Morgan fingerprint density at radius 1 is 1.44 bits per heavy atom. The lowest BCUT2D eigenvalue weighted by Crippen LogP contribution is -2.36. The highest BCUT2D eigenvalue weighted by atomic mass is 16.5. The number of hydrogen-bond donors (Lipinski definition) is 1. The Morgan fingerprint density at radius 3 is 2.67 bits per heavy atom. The van der Waals surface area contributed by atoms with Crippen LogP contribution in [0.2, 0.25) is 0 Å². The molecule has 0 aromatic carbocycles. The molecule has 0 aliphatic carbocycles. The number of anilines is 1. The van der Waals surface area contributed by atoms with Gasteiger partial charge in [-0.3, -0.25) is 4.98 Å². The van der Waals surface area contributed by atoms with Crippen LogP contribution in [-0.4, -0.2) is 36.4 Å². The predicted octanol–water partition coefficient (Wildman–Crippen LogP) is 2.14. The van der Waals surface area contributed by atoms with Crippen molar-refractivity contribution >= 4 is 5.69 Å². The van der Waals surface area contributed by atoms with Gasteiger partial charge in [-0.05, 0) is 31.4 Å². The van der Waals surface area contributed by atoms with Crippen molar-refractivity contribution in [2.45, 2.75) is 38.4 Å². The molecule has 0 amide bonds. The summed E-state index contributed by atoms with van der Waals surface area (Å²) in [5.41, 5.74) is 1.89. The molecule has 0 radical (unpaired) electrons. The van der Waals surface area contributed by atoms with Crippen LogP contribution in [-0.2, 0) is 4.74 Å².